The highest BCUT2D eigenvalue weighted by Crippen LogP contribution is 2.29. The molecule has 152 valence electrons. The molecule has 0 aliphatic carbocycles. The van der Waals surface area contributed by atoms with Crippen LogP contribution in [0.25, 0.3) is 16.9 Å². The van der Waals surface area contributed by atoms with Gasteiger partial charge in [0.1, 0.15) is 5.65 Å². The lowest BCUT2D eigenvalue weighted by atomic mass is 10.0. The van der Waals surface area contributed by atoms with Crippen LogP contribution < -0.4 is 5.32 Å². The van der Waals surface area contributed by atoms with Crippen molar-refractivity contribution in [1.82, 2.24) is 9.38 Å². The first kappa shape index (κ1) is 20.4. The summed E-state index contributed by atoms with van der Waals surface area (Å²) in [6.07, 6.45) is 2.21. The minimum atomic E-state index is -0.0760. The third-order valence-corrected chi connectivity index (χ3v) is 6.11. The molecule has 0 radical (unpaired) electrons. The number of aromatic nitrogens is 2. The minimum Gasteiger partial charge on any atom is -0.325 e. The van der Waals surface area contributed by atoms with Crippen molar-refractivity contribution in [2.24, 2.45) is 0 Å². The fraction of sp³-hybridized carbons (Fsp3) is 0.200. The Morgan fingerprint density at radius 2 is 1.80 bits per heavy atom. The monoisotopic (exact) mass is 461 g/mol. The Bertz CT molecular complexity index is 1270. The van der Waals surface area contributed by atoms with Gasteiger partial charge in [-0.1, -0.05) is 24.3 Å². The van der Waals surface area contributed by atoms with Gasteiger partial charge in [0.2, 0.25) is 5.91 Å². The zero-order chi connectivity index (χ0) is 21.4. The van der Waals surface area contributed by atoms with Gasteiger partial charge in [-0.15, -0.1) is 0 Å². The number of benzene rings is 2. The van der Waals surface area contributed by atoms with Crippen LogP contribution in [-0.2, 0) is 11.2 Å². The summed E-state index contributed by atoms with van der Waals surface area (Å²) < 4.78 is 2.91. The average Bonchev–Trinajstić information content (AvgIpc) is 3.06. The fourth-order valence-electron chi connectivity index (χ4n) is 3.61. The number of amides is 1. The van der Waals surface area contributed by atoms with Crippen molar-refractivity contribution >= 4 is 33.2 Å². The van der Waals surface area contributed by atoms with E-state index in [9.17, 15) is 4.79 Å². The summed E-state index contributed by atoms with van der Waals surface area (Å²) in [5.41, 5.74) is 9.07. The lowest BCUT2D eigenvalue weighted by Crippen LogP contribution is -2.16. The number of rotatable bonds is 4. The first-order chi connectivity index (χ1) is 14.3. The van der Waals surface area contributed by atoms with Crippen molar-refractivity contribution in [2.75, 3.05) is 5.32 Å². The zero-order valence-corrected chi connectivity index (χ0v) is 19.2. The van der Waals surface area contributed by atoms with Crippen molar-refractivity contribution in [1.29, 1.82) is 0 Å². The number of fused-ring (bicyclic) bond motifs is 1. The van der Waals surface area contributed by atoms with E-state index in [1.165, 1.54) is 11.1 Å². The Balaban J connectivity index is 1.76. The minimum absolute atomic E-state index is 0.0760. The van der Waals surface area contributed by atoms with Gasteiger partial charge in [-0.05, 0) is 90.1 Å². The molecule has 4 nitrogen and oxygen atoms in total. The Hall–Kier alpha value is -2.92. The molecule has 0 saturated carbocycles. The molecule has 2 aromatic heterocycles. The average molecular weight is 462 g/mol. The number of imidazole rings is 1. The molecule has 4 rings (SSSR count). The maximum absolute atomic E-state index is 13.0. The van der Waals surface area contributed by atoms with Crippen LogP contribution in [0.3, 0.4) is 0 Å². The molecule has 30 heavy (non-hydrogen) atoms. The summed E-state index contributed by atoms with van der Waals surface area (Å²) >= 11 is 3.54. The van der Waals surface area contributed by atoms with E-state index in [2.05, 4.69) is 53.3 Å². The van der Waals surface area contributed by atoms with Gasteiger partial charge in [0, 0.05) is 16.2 Å². The van der Waals surface area contributed by atoms with Gasteiger partial charge < -0.3 is 9.72 Å². The SMILES string of the molecule is Cc1ccc(NC(=O)Cc2c(-c3ccc(C)c(C)c3)nc3c(C)cccn23)c(Br)c1. The van der Waals surface area contributed by atoms with Gasteiger partial charge >= 0.3 is 0 Å². The number of aryl methyl sites for hydroxylation is 4. The lowest BCUT2D eigenvalue weighted by Gasteiger charge is -2.10. The van der Waals surface area contributed by atoms with E-state index in [4.69, 9.17) is 4.98 Å². The number of anilines is 1. The van der Waals surface area contributed by atoms with E-state index in [0.29, 0.717) is 0 Å². The molecular formula is C25H24BrN3O. The molecular weight excluding hydrogens is 438 g/mol. The normalized spacial score (nSPS) is 11.1. The van der Waals surface area contributed by atoms with Crippen LogP contribution in [0.2, 0.25) is 0 Å². The quantitative estimate of drug-likeness (QED) is 0.394. The number of carbonyl (C=O) groups excluding carboxylic acids is 1. The summed E-state index contributed by atoms with van der Waals surface area (Å²) in [6.45, 7) is 8.26. The summed E-state index contributed by atoms with van der Waals surface area (Å²) in [7, 11) is 0. The standard InChI is InChI=1S/C25H24BrN3O/c1-15-7-10-21(20(26)12-15)27-23(30)14-22-24(19-9-8-16(2)18(4)13-19)28-25-17(3)6-5-11-29(22)25/h5-13H,14H2,1-4H3,(H,27,30). The molecule has 1 N–H and O–H groups in total. The van der Waals surface area contributed by atoms with Gasteiger partial charge in [-0.25, -0.2) is 4.98 Å². The van der Waals surface area contributed by atoms with E-state index in [1.54, 1.807) is 0 Å². The van der Waals surface area contributed by atoms with Crippen molar-refractivity contribution < 1.29 is 4.79 Å². The molecule has 0 bridgehead atoms. The van der Waals surface area contributed by atoms with Crippen molar-refractivity contribution in [3.8, 4) is 11.3 Å². The smallest absolute Gasteiger partial charge is 0.230 e. The largest absolute Gasteiger partial charge is 0.325 e. The maximum Gasteiger partial charge on any atom is 0.230 e. The number of halogens is 1. The predicted molar refractivity (Wildman–Crippen MR) is 126 cm³/mol. The third kappa shape index (κ3) is 3.90. The van der Waals surface area contributed by atoms with Crippen LogP contribution in [-0.4, -0.2) is 15.3 Å². The van der Waals surface area contributed by atoms with Crippen molar-refractivity contribution in [2.45, 2.75) is 34.1 Å². The van der Waals surface area contributed by atoms with Crippen molar-refractivity contribution in [3.05, 3.63) is 87.1 Å². The Morgan fingerprint density at radius 3 is 2.53 bits per heavy atom. The summed E-state index contributed by atoms with van der Waals surface area (Å²) in [6, 6.07) is 16.3. The number of nitrogens with zero attached hydrogens (tertiary/aromatic N) is 2. The van der Waals surface area contributed by atoms with E-state index in [0.717, 1.165) is 43.9 Å². The number of hydrogen-bond donors (Lipinski definition) is 1. The van der Waals surface area contributed by atoms with Gasteiger partial charge in [-0.3, -0.25) is 4.79 Å². The Morgan fingerprint density at radius 1 is 1.00 bits per heavy atom. The van der Waals surface area contributed by atoms with Crippen LogP contribution in [0.1, 0.15) is 27.9 Å². The molecule has 0 fully saturated rings. The second-order valence-electron chi connectivity index (χ2n) is 7.80. The summed E-state index contributed by atoms with van der Waals surface area (Å²) in [5, 5.41) is 3.03. The van der Waals surface area contributed by atoms with Gasteiger partial charge in [0.05, 0.1) is 23.5 Å². The third-order valence-electron chi connectivity index (χ3n) is 5.45. The molecule has 0 saturated heterocycles. The molecule has 4 aromatic rings. The number of hydrogen-bond acceptors (Lipinski definition) is 2. The highest BCUT2D eigenvalue weighted by atomic mass is 79.9. The molecule has 5 heteroatoms. The molecule has 0 atom stereocenters. The van der Waals surface area contributed by atoms with Gasteiger partial charge in [-0.2, -0.15) is 0 Å². The second kappa shape index (κ2) is 8.07. The first-order valence-corrected chi connectivity index (χ1v) is 10.7. The molecule has 0 unspecified atom stereocenters. The highest BCUT2D eigenvalue weighted by Gasteiger charge is 2.19. The Kier molecular flexibility index (Phi) is 5.48. The highest BCUT2D eigenvalue weighted by molar-refractivity contribution is 9.10. The zero-order valence-electron chi connectivity index (χ0n) is 17.6. The van der Waals surface area contributed by atoms with Crippen molar-refractivity contribution in [3.63, 3.8) is 0 Å². The van der Waals surface area contributed by atoms with Gasteiger partial charge in [0.25, 0.3) is 0 Å². The van der Waals surface area contributed by atoms with Crippen LogP contribution in [0, 0.1) is 27.7 Å². The van der Waals surface area contributed by atoms with Gasteiger partial charge in [0.15, 0.2) is 0 Å². The number of carbonyl (C=O) groups is 1. The van der Waals surface area contributed by atoms with E-state index in [-0.39, 0.29) is 12.3 Å². The first-order valence-electron chi connectivity index (χ1n) is 9.93. The topological polar surface area (TPSA) is 46.4 Å². The maximum atomic E-state index is 13.0. The van der Waals surface area contributed by atoms with E-state index < -0.39 is 0 Å². The Labute approximate surface area is 185 Å². The van der Waals surface area contributed by atoms with Crippen LogP contribution in [0.4, 0.5) is 5.69 Å². The lowest BCUT2D eigenvalue weighted by molar-refractivity contribution is -0.115. The molecule has 0 aliphatic heterocycles. The van der Waals surface area contributed by atoms with Crippen LogP contribution >= 0.6 is 15.9 Å². The van der Waals surface area contributed by atoms with Crippen LogP contribution in [0.15, 0.2) is 59.2 Å². The summed E-state index contributed by atoms with van der Waals surface area (Å²) in [5.74, 6) is -0.0760. The number of pyridine rings is 1. The molecule has 1 amide bonds. The second-order valence-corrected chi connectivity index (χ2v) is 8.65. The molecule has 2 heterocycles. The van der Waals surface area contributed by atoms with Crippen LogP contribution in [0.5, 0.6) is 0 Å². The molecule has 0 aliphatic rings. The van der Waals surface area contributed by atoms with E-state index >= 15 is 0 Å². The van der Waals surface area contributed by atoms with E-state index in [1.807, 2.05) is 54.8 Å². The molecule has 2 aromatic carbocycles. The molecule has 0 spiro atoms. The fourth-order valence-corrected chi connectivity index (χ4v) is 4.20. The predicted octanol–water partition coefficient (Wildman–Crippen LogP) is 6.18. The summed E-state index contributed by atoms with van der Waals surface area (Å²) in [4.78, 5) is 17.9. The number of nitrogens with one attached hydrogen (secondary N) is 1.